The molecule has 0 saturated carbocycles. The molecule has 1 atom stereocenters. The van der Waals surface area contributed by atoms with Gasteiger partial charge in [-0.1, -0.05) is 29.8 Å². The molecule has 0 spiro atoms. The molecule has 11 nitrogen and oxygen atoms in total. The van der Waals surface area contributed by atoms with E-state index in [9.17, 15) is 13.6 Å². The lowest BCUT2D eigenvalue weighted by Crippen LogP contribution is -2.45. The van der Waals surface area contributed by atoms with Crippen LogP contribution in [0.5, 0.6) is 5.75 Å². The van der Waals surface area contributed by atoms with E-state index in [1.54, 1.807) is 68.4 Å². The van der Waals surface area contributed by atoms with Crippen molar-refractivity contribution in [1.29, 1.82) is 0 Å². The van der Waals surface area contributed by atoms with E-state index in [0.717, 1.165) is 4.31 Å². The fourth-order valence-electron chi connectivity index (χ4n) is 3.64. The van der Waals surface area contributed by atoms with Crippen LogP contribution in [0, 0.1) is 0 Å². The molecule has 0 aliphatic carbocycles. The van der Waals surface area contributed by atoms with Gasteiger partial charge in [-0.25, -0.2) is 18.5 Å². The van der Waals surface area contributed by atoms with Gasteiger partial charge in [0.15, 0.2) is 11.6 Å². The molecule has 0 radical (unpaired) electrons. The van der Waals surface area contributed by atoms with Gasteiger partial charge in [-0.2, -0.15) is 0 Å². The Balaban J connectivity index is 1.91. The van der Waals surface area contributed by atoms with E-state index < -0.39 is 22.7 Å². The Bertz CT molecular complexity index is 1560. The van der Waals surface area contributed by atoms with E-state index in [1.165, 1.54) is 13.2 Å². The quantitative estimate of drug-likeness (QED) is 0.183. The van der Waals surface area contributed by atoms with Gasteiger partial charge < -0.3 is 26.8 Å². The molecule has 1 unspecified atom stereocenters. The number of halogens is 1. The van der Waals surface area contributed by atoms with Gasteiger partial charge in [-0.05, 0) is 55.8 Å². The Hall–Kier alpha value is -3.81. The molecule has 0 aliphatic heterocycles. The van der Waals surface area contributed by atoms with E-state index >= 15 is 0 Å². The second kappa shape index (κ2) is 11.5. The number of aromatic nitrogens is 2. The molecule has 204 valence electrons. The summed E-state index contributed by atoms with van der Waals surface area (Å²) in [5, 5.41) is 6.22. The second-order valence-electron chi connectivity index (χ2n) is 9.10. The summed E-state index contributed by atoms with van der Waals surface area (Å²) in [6.07, 6.45) is 0. The predicted molar refractivity (Wildman–Crippen MR) is 155 cm³/mol. The Labute approximate surface area is 232 Å². The van der Waals surface area contributed by atoms with Crippen LogP contribution in [0.1, 0.15) is 19.4 Å². The minimum Gasteiger partial charge on any atom is -0.497 e. The number of hydrogen-bond acceptors (Lipinski definition) is 8. The van der Waals surface area contributed by atoms with Crippen LogP contribution in [0.25, 0.3) is 11.0 Å². The first-order valence-corrected chi connectivity index (χ1v) is 13.2. The van der Waals surface area contributed by atoms with Gasteiger partial charge in [-0.3, -0.25) is 9.35 Å². The highest BCUT2D eigenvalue weighted by Gasteiger charge is 2.27. The van der Waals surface area contributed by atoms with Crippen LogP contribution in [0.15, 0.2) is 60.7 Å². The lowest BCUT2D eigenvalue weighted by molar-refractivity contribution is -0.120. The molecule has 4 rings (SSSR count). The van der Waals surface area contributed by atoms with E-state index in [2.05, 4.69) is 20.6 Å². The minimum atomic E-state index is -2.64. The highest BCUT2D eigenvalue weighted by atomic mass is 35.5. The number of hydrogen-bond donors (Lipinski definition) is 5. The number of nitrogens with zero attached hydrogens (tertiary/aromatic N) is 3. The van der Waals surface area contributed by atoms with Crippen molar-refractivity contribution >= 4 is 68.5 Å². The van der Waals surface area contributed by atoms with Gasteiger partial charge in [0, 0.05) is 18.3 Å². The number of carbonyl (C=O) groups excluding carboxylic acids is 1. The summed E-state index contributed by atoms with van der Waals surface area (Å²) < 4.78 is 29.8. The summed E-state index contributed by atoms with van der Waals surface area (Å²) in [6, 6.07) is 16.9. The number of anilines is 5. The molecule has 0 saturated heterocycles. The smallest absolute Gasteiger partial charge is 0.268 e. The first-order valence-electron chi connectivity index (χ1n) is 11.7. The van der Waals surface area contributed by atoms with Crippen molar-refractivity contribution < 1.29 is 18.3 Å². The van der Waals surface area contributed by atoms with Crippen molar-refractivity contribution in [3.05, 3.63) is 71.2 Å². The second-order valence-corrected chi connectivity index (χ2v) is 10.3. The molecule has 4 aromatic rings. The van der Waals surface area contributed by atoms with Gasteiger partial charge in [0.1, 0.15) is 5.75 Å². The van der Waals surface area contributed by atoms with Crippen LogP contribution in [0.3, 0.4) is 0 Å². The fraction of sp³-hybridized carbons (Fsp3) is 0.192. The third-order valence-corrected chi connectivity index (χ3v) is 6.71. The van der Waals surface area contributed by atoms with Gasteiger partial charge >= 0.3 is 0 Å². The molecule has 0 aliphatic rings. The molecule has 1 heterocycles. The number of fused-ring (bicyclic) bond motifs is 1. The van der Waals surface area contributed by atoms with Crippen molar-refractivity contribution in [3.8, 4) is 5.75 Å². The number of para-hydroxylation sites is 2. The highest BCUT2D eigenvalue weighted by Crippen LogP contribution is 2.38. The Morgan fingerprint density at radius 3 is 2.44 bits per heavy atom. The van der Waals surface area contributed by atoms with E-state index in [1.807, 2.05) is 0 Å². The molecule has 39 heavy (non-hydrogen) atoms. The summed E-state index contributed by atoms with van der Waals surface area (Å²) in [5.74, 6) is 0.264. The highest BCUT2D eigenvalue weighted by molar-refractivity contribution is 7.81. The maximum absolute atomic E-state index is 12.9. The van der Waals surface area contributed by atoms with Crippen molar-refractivity contribution in [1.82, 2.24) is 9.97 Å². The lowest BCUT2D eigenvalue weighted by atomic mass is 10.1. The molecule has 0 bridgehead atoms. The Kier molecular flexibility index (Phi) is 8.33. The number of amides is 1. The summed E-state index contributed by atoms with van der Waals surface area (Å²) in [4.78, 5) is 21.9. The minimum absolute atomic E-state index is 0.0192. The third kappa shape index (κ3) is 6.27. The number of methoxy groups -OCH3 is 1. The summed E-state index contributed by atoms with van der Waals surface area (Å²) >= 11 is 3.79. The third-order valence-electron chi connectivity index (χ3n) is 5.69. The molecular formula is C26H28ClN7O4S. The van der Waals surface area contributed by atoms with E-state index in [-0.39, 0.29) is 23.9 Å². The Morgan fingerprint density at radius 1 is 1.13 bits per heavy atom. The average Bonchev–Trinajstić information content (AvgIpc) is 2.89. The number of benzene rings is 3. The monoisotopic (exact) mass is 569 g/mol. The number of nitrogens with two attached hydrogens (primary N) is 2. The molecular weight excluding hydrogens is 542 g/mol. The SMILES string of the molecule is COc1ccc(Cl)c(Nc2nc3ccccc3nc2N(c2cc(NC(=O)C(C)(C)N)ccc2CN)S(=O)O)c1. The molecule has 1 aromatic heterocycles. The van der Waals surface area contributed by atoms with Crippen molar-refractivity contribution in [2.45, 2.75) is 25.9 Å². The maximum Gasteiger partial charge on any atom is 0.268 e. The summed E-state index contributed by atoms with van der Waals surface area (Å²) in [5.41, 5.74) is 13.3. The molecule has 13 heteroatoms. The van der Waals surface area contributed by atoms with Crippen LogP contribution >= 0.6 is 11.6 Å². The maximum atomic E-state index is 12.9. The topological polar surface area (TPSA) is 169 Å². The van der Waals surface area contributed by atoms with Gasteiger partial charge in [0.05, 0.1) is 40.1 Å². The zero-order valence-corrected chi connectivity index (χ0v) is 23.0. The number of ether oxygens (including phenoxy) is 1. The van der Waals surface area contributed by atoms with Crippen LogP contribution in [-0.4, -0.2) is 37.3 Å². The van der Waals surface area contributed by atoms with Crippen LogP contribution < -0.4 is 31.1 Å². The fourth-order valence-corrected chi connectivity index (χ4v) is 4.42. The number of carbonyl (C=O) groups is 1. The predicted octanol–water partition coefficient (Wildman–Crippen LogP) is 4.44. The zero-order chi connectivity index (χ0) is 28.3. The van der Waals surface area contributed by atoms with Crippen LogP contribution in [-0.2, 0) is 22.6 Å². The number of rotatable bonds is 9. The van der Waals surface area contributed by atoms with Gasteiger partial charge in [0.25, 0.3) is 11.3 Å². The zero-order valence-electron chi connectivity index (χ0n) is 21.4. The largest absolute Gasteiger partial charge is 0.497 e. The van der Waals surface area contributed by atoms with Gasteiger partial charge in [0.2, 0.25) is 5.91 Å². The van der Waals surface area contributed by atoms with Crippen LogP contribution in [0.2, 0.25) is 5.02 Å². The van der Waals surface area contributed by atoms with E-state index in [4.69, 9.17) is 27.8 Å². The normalized spacial score (nSPS) is 12.2. The summed E-state index contributed by atoms with van der Waals surface area (Å²) in [6.45, 7) is 3.17. The summed E-state index contributed by atoms with van der Waals surface area (Å²) in [7, 11) is 1.52. The van der Waals surface area contributed by atoms with Crippen molar-refractivity contribution in [2.75, 3.05) is 22.0 Å². The van der Waals surface area contributed by atoms with Gasteiger partial charge in [-0.15, -0.1) is 0 Å². The molecule has 1 amide bonds. The molecule has 7 N–H and O–H groups in total. The molecule has 3 aromatic carbocycles. The van der Waals surface area contributed by atoms with Crippen molar-refractivity contribution in [3.63, 3.8) is 0 Å². The average molecular weight is 570 g/mol. The van der Waals surface area contributed by atoms with E-state index in [0.29, 0.717) is 38.7 Å². The van der Waals surface area contributed by atoms with Crippen LogP contribution in [0.4, 0.5) is 28.7 Å². The Morgan fingerprint density at radius 2 is 1.82 bits per heavy atom. The lowest BCUT2D eigenvalue weighted by Gasteiger charge is -2.25. The first-order chi connectivity index (χ1) is 18.5. The number of nitrogens with one attached hydrogen (secondary N) is 2. The van der Waals surface area contributed by atoms with Crippen molar-refractivity contribution in [2.24, 2.45) is 11.5 Å². The first kappa shape index (κ1) is 28.2. The molecule has 0 fully saturated rings. The standard InChI is InChI=1S/C26H28ClN7O4S/c1-26(2,29)25(35)30-16-9-8-15(14-28)22(12-16)34(39(36)37)24-23(31-19-6-4-5-7-20(19)33-24)32-21-13-17(38-3)10-11-18(21)27/h4-13H,14,28-29H2,1-3H3,(H,30,35)(H,31,32)(H,36,37).